The van der Waals surface area contributed by atoms with Crippen LogP contribution in [0, 0.1) is 0 Å². The predicted octanol–water partition coefficient (Wildman–Crippen LogP) is 2.55. The summed E-state index contributed by atoms with van der Waals surface area (Å²) in [6.07, 6.45) is 2.22. The van der Waals surface area contributed by atoms with Crippen LogP contribution in [0.25, 0.3) is 10.9 Å². The van der Waals surface area contributed by atoms with Gasteiger partial charge in [0.2, 0.25) is 5.91 Å². The number of hydrogen-bond donors (Lipinski definition) is 2. The maximum atomic E-state index is 11.1. The van der Waals surface area contributed by atoms with Gasteiger partial charge < -0.3 is 10.6 Å². The molecule has 0 aliphatic rings. The van der Waals surface area contributed by atoms with Gasteiger partial charge in [-0.3, -0.25) is 9.78 Å². The Morgan fingerprint density at radius 2 is 2.28 bits per heavy atom. The Hall–Kier alpha value is -1.62. The SMILES string of the molecule is CNC(=O)CCNc1cccc2cc(Br)cnc12. The van der Waals surface area contributed by atoms with Crippen LogP contribution >= 0.6 is 15.9 Å². The van der Waals surface area contributed by atoms with E-state index < -0.39 is 0 Å². The molecule has 1 heterocycles. The topological polar surface area (TPSA) is 54.0 Å². The lowest BCUT2D eigenvalue weighted by atomic mass is 10.2. The van der Waals surface area contributed by atoms with Gasteiger partial charge in [0, 0.05) is 36.1 Å². The molecule has 2 N–H and O–H groups in total. The van der Waals surface area contributed by atoms with E-state index >= 15 is 0 Å². The van der Waals surface area contributed by atoms with E-state index in [2.05, 4.69) is 31.5 Å². The molecule has 0 aliphatic carbocycles. The molecule has 94 valence electrons. The smallest absolute Gasteiger partial charge is 0.221 e. The number of fused-ring (bicyclic) bond motifs is 1. The van der Waals surface area contributed by atoms with E-state index in [0.29, 0.717) is 13.0 Å². The van der Waals surface area contributed by atoms with E-state index in [1.54, 1.807) is 13.2 Å². The van der Waals surface area contributed by atoms with E-state index in [1.807, 2.05) is 24.3 Å². The van der Waals surface area contributed by atoms with Crippen LogP contribution in [0.15, 0.2) is 34.9 Å². The van der Waals surface area contributed by atoms with E-state index in [0.717, 1.165) is 21.1 Å². The molecule has 2 aromatic rings. The number of rotatable bonds is 4. The quantitative estimate of drug-likeness (QED) is 0.912. The molecule has 0 unspecified atom stereocenters. The third kappa shape index (κ3) is 2.98. The highest BCUT2D eigenvalue weighted by atomic mass is 79.9. The van der Waals surface area contributed by atoms with Crippen molar-refractivity contribution in [1.29, 1.82) is 0 Å². The molecule has 0 bridgehead atoms. The average Bonchev–Trinajstić information content (AvgIpc) is 2.38. The van der Waals surface area contributed by atoms with Crippen molar-refractivity contribution in [1.82, 2.24) is 10.3 Å². The number of nitrogens with zero attached hydrogens (tertiary/aromatic N) is 1. The molecule has 0 radical (unpaired) electrons. The molecule has 0 saturated carbocycles. The summed E-state index contributed by atoms with van der Waals surface area (Å²) in [5, 5.41) is 6.89. The van der Waals surface area contributed by atoms with Crippen LogP contribution in [0.1, 0.15) is 6.42 Å². The molecular formula is C13H14BrN3O. The Labute approximate surface area is 114 Å². The molecule has 0 atom stereocenters. The Kier molecular flexibility index (Phi) is 4.15. The van der Waals surface area contributed by atoms with Crippen LogP contribution in [-0.2, 0) is 4.79 Å². The van der Waals surface area contributed by atoms with Gasteiger partial charge in [-0.15, -0.1) is 0 Å². The summed E-state index contributed by atoms with van der Waals surface area (Å²) in [6.45, 7) is 0.594. The lowest BCUT2D eigenvalue weighted by molar-refractivity contribution is -0.120. The van der Waals surface area contributed by atoms with Crippen molar-refractivity contribution in [3.63, 3.8) is 0 Å². The molecule has 0 saturated heterocycles. The second kappa shape index (κ2) is 5.82. The highest BCUT2D eigenvalue weighted by Crippen LogP contribution is 2.23. The van der Waals surface area contributed by atoms with Gasteiger partial charge in [-0.2, -0.15) is 0 Å². The molecule has 0 aliphatic heterocycles. The van der Waals surface area contributed by atoms with Crippen molar-refractivity contribution in [2.75, 3.05) is 18.9 Å². The number of carbonyl (C=O) groups is 1. The zero-order valence-corrected chi connectivity index (χ0v) is 11.6. The van der Waals surface area contributed by atoms with Gasteiger partial charge in [-0.05, 0) is 28.1 Å². The molecule has 0 spiro atoms. The van der Waals surface area contributed by atoms with Gasteiger partial charge in [0.1, 0.15) is 0 Å². The minimum atomic E-state index is 0.0263. The first-order chi connectivity index (χ1) is 8.70. The van der Waals surface area contributed by atoms with Crippen molar-refractivity contribution in [2.45, 2.75) is 6.42 Å². The summed E-state index contributed by atoms with van der Waals surface area (Å²) in [5.41, 5.74) is 1.86. The molecule has 1 amide bonds. The number of anilines is 1. The number of amides is 1. The first-order valence-electron chi connectivity index (χ1n) is 5.69. The van der Waals surface area contributed by atoms with Crippen LogP contribution < -0.4 is 10.6 Å². The molecular weight excluding hydrogens is 294 g/mol. The molecule has 4 nitrogen and oxygen atoms in total. The summed E-state index contributed by atoms with van der Waals surface area (Å²) in [4.78, 5) is 15.5. The van der Waals surface area contributed by atoms with Crippen LogP contribution in [0.5, 0.6) is 0 Å². The minimum absolute atomic E-state index is 0.0263. The summed E-state index contributed by atoms with van der Waals surface area (Å²) in [7, 11) is 1.64. The van der Waals surface area contributed by atoms with Gasteiger partial charge in [-0.1, -0.05) is 12.1 Å². The average molecular weight is 308 g/mol. The largest absolute Gasteiger partial charge is 0.383 e. The van der Waals surface area contributed by atoms with Gasteiger partial charge in [-0.25, -0.2) is 0 Å². The number of hydrogen-bond acceptors (Lipinski definition) is 3. The standard InChI is InChI=1S/C13H14BrN3O/c1-15-12(18)5-6-16-11-4-2-3-9-7-10(14)8-17-13(9)11/h2-4,7-8,16H,5-6H2,1H3,(H,15,18). The molecule has 1 aromatic heterocycles. The Bertz CT molecular complexity index is 571. The van der Waals surface area contributed by atoms with Crippen LogP contribution in [0.3, 0.4) is 0 Å². The number of pyridine rings is 1. The summed E-state index contributed by atoms with van der Waals surface area (Å²) in [6, 6.07) is 7.97. The molecule has 1 aromatic carbocycles. The van der Waals surface area contributed by atoms with Gasteiger partial charge in [0.05, 0.1) is 11.2 Å². The molecule has 2 rings (SSSR count). The monoisotopic (exact) mass is 307 g/mol. The van der Waals surface area contributed by atoms with Crippen molar-refractivity contribution in [3.8, 4) is 0 Å². The normalized spacial score (nSPS) is 10.3. The highest BCUT2D eigenvalue weighted by molar-refractivity contribution is 9.10. The first-order valence-corrected chi connectivity index (χ1v) is 6.49. The zero-order chi connectivity index (χ0) is 13.0. The summed E-state index contributed by atoms with van der Waals surface area (Å²) in [5.74, 6) is 0.0263. The van der Waals surface area contributed by atoms with Crippen LogP contribution in [-0.4, -0.2) is 24.5 Å². The maximum absolute atomic E-state index is 11.1. The third-order valence-electron chi connectivity index (χ3n) is 2.62. The Morgan fingerprint density at radius 3 is 3.06 bits per heavy atom. The van der Waals surface area contributed by atoms with Crippen molar-refractivity contribution >= 4 is 38.4 Å². The number of halogens is 1. The number of carbonyl (C=O) groups excluding carboxylic acids is 1. The molecule has 5 heteroatoms. The lowest BCUT2D eigenvalue weighted by Gasteiger charge is -2.08. The van der Waals surface area contributed by atoms with Crippen molar-refractivity contribution in [3.05, 3.63) is 34.9 Å². The fourth-order valence-electron chi connectivity index (χ4n) is 1.71. The van der Waals surface area contributed by atoms with Crippen LogP contribution in [0.4, 0.5) is 5.69 Å². The van der Waals surface area contributed by atoms with Gasteiger partial charge in [0.25, 0.3) is 0 Å². The van der Waals surface area contributed by atoms with Crippen LogP contribution in [0.2, 0.25) is 0 Å². The Balaban J connectivity index is 2.15. The maximum Gasteiger partial charge on any atom is 0.221 e. The fourth-order valence-corrected chi connectivity index (χ4v) is 2.06. The molecule has 0 fully saturated rings. The summed E-state index contributed by atoms with van der Waals surface area (Å²) < 4.78 is 0.956. The highest BCUT2D eigenvalue weighted by Gasteiger charge is 2.03. The van der Waals surface area contributed by atoms with Crippen molar-refractivity contribution < 1.29 is 4.79 Å². The summed E-state index contributed by atoms with van der Waals surface area (Å²) >= 11 is 3.40. The van der Waals surface area contributed by atoms with E-state index in [1.165, 1.54) is 0 Å². The molecule has 18 heavy (non-hydrogen) atoms. The predicted molar refractivity (Wildman–Crippen MR) is 76.6 cm³/mol. The van der Waals surface area contributed by atoms with Crippen molar-refractivity contribution in [2.24, 2.45) is 0 Å². The first kappa shape index (κ1) is 12.8. The van der Waals surface area contributed by atoms with Gasteiger partial charge >= 0.3 is 0 Å². The minimum Gasteiger partial charge on any atom is -0.383 e. The lowest BCUT2D eigenvalue weighted by Crippen LogP contribution is -2.20. The zero-order valence-electron chi connectivity index (χ0n) is 10.0. The number of aromatic nitrogens is 1. The number of para-hydroxylation sites is 1. The van der Waals surface area contributed by atoms with E-state index in [9.17, 15) is 4.79 Å². The number of benzene rings is 1. The third-order valence-corrected chi connectivity index (χ3v) is 3.06. The second-order valence-electron chi connectivity index (χ2n) is 3.88. The fraction of sp³-hybridized carbons (Fsp3) is 0.231. The van der Waals surface area contributed by atoms with E-state index in [4.69, 9.17) is 0 Å². The second-order valence-corrected chi connectivity index (χ2v) is 4.80. The number of nitrogens with one attached hydrogen (secondary N) is 2. The van der Waals surface area contributed by atoms with E-state index in [-0.39, 0.29) is 5.91 Å². The Morgan fingerprint density at radius 1 is 1.44 bits per heavy atom. The van der Waals surface area contributed by atoms with Gasteiger partial charge in [0.15, 0.2) is 0 Å².